The lowest BCUT2D eigenvalue weighted by molar-refractivity contribution is 0.0661. The Kier molecular flexibility index (Phi) is 6.36. The van der Waals surface area contributed by atoms with Crippen molar-refractivity contribution in [1.82, 2.24) is 9.97 Å². The normalized spacial score (nSPS) is 11.0. The van der Waals surface area contributed by atoms with Crippen molar-refractivity contribution in [2.75, 3.05) is 11.9 Å². The van der Waals surface area contributed by atoms with Crippen molar-refractivity contribution in [3.05, 3.63) is 71.3 Å². The first kappa shape index (κ1) is 19.9. The Morgan fingerprint density at radius 2 is 1.93 bits per heavy atom. The van der Waals surface area contributed by atoms with E-state index >= 15 is 0 Å². The Bertz CT molecular complexity index is 941. The highest BCUT2D eigenvalue weighted by molar-refractivity contribution is 7.98. The monoisotopic (exact) mass is 397 g/mol. The van der Waals surface area contributed by atoms with Crippen molar-refractivity contribution in [2.45, 2.75) is 37.2 Å². The Morgan fingerprint density at radius 1 is 1.18 bits per heavy atom. The van der Waals surface area contributed by atoms with Crippen LogP contribution < -0.4 is 4.90 Å². The Morgan fingerprint density at radius 3 is 2.57 bits per heavy atom. The summed E-state index contributed by atoms with van der Waals surface area (Å²) in [5, 5.41) is 9.62. The molecule has 0 saturated heterocycles. The van der Waals surface area contributed by atoms with Crippen LogP contribution in [0.1, 0.15) is 47.3 Å². The largest absolute Gasteiger partial charge is 0.475 e. The summed E-state index contributed by atoms with van der Waals surface area (Å²) in [6.45, 7) is 4.95. The molecule has 0 radical (unpaired) electrons. The van der Waals surface area contributed by atoms with E-state index in [2.05, 4.69) is 40.8 Å². The molecule has 0 aliphatic heterocycles. The van der Waals surface area contributed by atoms with Gasteiger partial charge in [0, 0.05) is 25.4 Å². The van der Waals surface area contributed by atoms with Crippen LogP contribution in [0.25, 0.3) is 0 Å². The van der Waals surface area contributed by atoms with Gasteiger partial charge in [0.15, 0.2) is 5.16 Å². The number of anilines is 1. The molecule has 2 aromatic heterocycles. The van der Waals surface area contributed by atoms with Gasteiger partial charge in [-0.05, 0) is 23.6 Å². The average Bonchev–Trinajstić information content (AvgIpc) is 3.16. The van der Waals surface area contributed by atoms with Crippen molar-refractivity contribution >= 4 is 23.5 Å². The number of thioether (sulfide) groups is 1. The van der Waals surface area contributed by atoms with Gasteiger partial charge < -0.3 is 14.4 Å². The van der Waals surface area contributed by atoms with Gasteiger partial charge in [0.2, 0.25) is 5.76 Å². The van der Waals surface area contributed by atoms with Crippen LogP contribution in [-0.4, -0.2) is 28.1 Å². The molecule has 1 N–H and O–H groups in total. The van der Waals surface area contributed by atoms with Crippen LogP contribution in [0.15, 0.2) is 58.1 Å². The molecule has 0 atom stereocenters. The maximum atomic E-state index is 10.9. The summed E-state index contributed by atoms with van der Waals surface area (Å²) in [5.74, 6) is 1.05. The molecule has 7 heteroatoms. The molecule has 0 spiro atoms. The molecule has 0 amide bonds. The van der Waals surface area contributed by atoms with Crippen LogP contribution in [0.3, 0.4) is 0 Å². The quantitative estimate of drug-likeness (QED) is 0.431. The first-order valence-corrected chi connectivity index (χ1v) is 10.00. The zero-order chi connectivity index (χ0) is 20.1. The molecular weight excluding hydrogens is 374 g/mol. The minimum absolute atomic E-state index is 0.0595. The van der Waals surface area contributed by atoms with Crippen LogP contribution in [0.2, 0.25) is 0 Å². The Hall–Kier alpha value is -2.80. The van der Waals surface area contributed by atoms with Gasteiger partial charge in [-0.25, -0.2) is 14.8 Å². The van der Waals surface area contributed by atoms with Gasteiger partial charge in [0.25, 0.3) is 0 Å². The number of furan rings is 1. The molecule has 6 nitrogen and oxygen atoms in total. The SMILES string of the molecule is CC(C)c1cc(N(C)Cc2ccccc2)nc(SCc2ccc(C(=O)O)o2)n1. The molecule has 28 heavy (non-hydrogen) atoms. The van der Waals surface area contributed by atoms with E-state index < -0.39 is 5.97 Å². The van der Waals surface area contributed by atoms with Crippen LogP contribution in [0.4, 0.5) is 5.82 Å². The summed E-state index contributed by atoms with van der Waals surface area (Å²) in [4.78, 5) is 22.4. The first-order valence-electron chi connectivity index (χ1n) is 9.01. The highest BCUT2D eigenvalue weighted by Gasteiger charge is 2.14. The summed E-state index contributed by atoms with van der Waals surface area (Å²) in [7, 11) is 2.01. The Balaban J connectivity index is 1.77. The van der Waals surface area contributed by atoms with Gasteiger partial charge in [0.1, 0.15) is 11.6 Å². The molecule has 0 aliphatic rings. The standard InChI is InChI=1S/C21H23N3O3S/c1-14(2)17-11-19(24(3)12-15-7-5-4-6-8-15)23-21(22-17)28-13-16-9-10-18(27-16)20(25)26/h4-11,14H,12-13H2,1-3H3,(H,25,26). The van der Waals surface area contributed by atoms with E-state index in [0.29, 0.717) is 16.7 Å². The fourth-order valence-corrected chi connectivity index (χ4v) is 3.39. The number of carboxylic acids is 1. The summed E-state index contributed by atoms with van der Waals surface area (Å²) in [6.07, 6.45) is 0. The molecular formula is C21H23N3O3S. The van der Waals surface area contributed by atoms with E-state index in [0.717, 1.165) is 18.1 Å². The third kappa shape index (κ3) is 5.13. The number of carboxylic acid groups (broad SMARTS) is 1. The molecule has 3 aromatic rings. The summed E-state index contributed by atoms with van der Waals surface area (Å²) < 4.78 is 5.31. The number of benzene rings is 1. The van der Waals surface area contributed by atoms with E-state index in [1.807, 2.05) is 31.3 Å². The van der Waals surface area contributed by atoms with Gasteiger partial charge in [-0.3, -0.25) is 0 Å². The Labute approximate surface area is 168 Å². The highest BCUT2D eigenvalue weighted by Crippen LogP contribution is 2.26. The second kappa shape index (κ2) is 8.93. The van der Waals surface area contributed by atoms with Crippen LogP contribution >= 0.6 is 11.8 Å². The number of carbonyl (C=O) groups is 1. The molecule has 3 rings (SSSR count). The maximum absolute atomic E-state index is 10.9. The topological polar surface area (TPSA) is 79.5 Å². The molecule has 0 saturated carbocycles. The van der Waals surface area contributed by atoms with Crippen LogP contribution in [0, 0.1) is 0 Å². The van der Waals surface area contributed by atoms with E-state index in [1.165, 1.54) is 23.4 Å². The predicted octanol–water partition coefficient (Wildman–Crippen LogP) is 4.82. The molecule has 0 fully saturated rings. The third-order valence-electron chi connectivity index (χ3n) is 4.17. The molecule has 1 aromatic carbocycles. The van der Waals surface area contributed by atoms with Crippen molar-refractivity contribution in [2.24, 2.45) is 0 Å². The zero-order valence-electron chi connectivity index (χ0n) is 16.1. The van der Waals surface area contributed by atoms with Crippen molar-refractivity contribution in [3.63, 3.8) is 0 Å². The second-order valence-corrected chi connectivity index (χ2v) is 7.73. The van der Waals surface area contributed by atoms with E-state index in [-0.39, 0.29) is 11.7 Å². The fraction of sp³-hybridized carbons (Fsp3) is 0.286. The number of nitrogens with zero attached hydrogens (tertiary/aromatic N) is 3. The number of rotatable bonds is 8. The summed E-state index contributed by atoms with van der Waals surface area (Å²) in [5.41, 5.74) is 2.18. The van der Waals surface area contributed by atoms with Crippen molar-refractivity contribution < 1.29 is 14.3 Å². The van der Waals surface area contributed by atoms with Gasteiger partial charge in [-0.15, -0.1) is 0 Å². The highest BCUT2D eigenvalue weighted by atomic mass is 32.2. The number of hydrogen-bond acceptors (Lipinski definition) is 6. The fourth-order valence-electron chi connectivity index (χ4n) is 2.63. The summed E-state index contributed by atoms with van der Waals surface area (Å²) >= 11 is 1.43. The number of hydrogen-bond donors (Lipinski definition) is 1. The smallest absolute Gasteiger partial charge is 0.371 e. The number of aromatic carboxylic acids is 1. The maximum Gasteiger partial charge on any atom is 0.371 e. The minimum atomic E-state index is -1.07. The van der Waals surface area contributed by atoms with Crippen LogP contribution in [-0.2, 0) is 12.3 Å². The van der Waals surface area contributed by atoms with Gasteiger partial charge in [-0.1, -0.05) is 55.9 Å². The van der Waals surface area contributed by atoms with E-state index in [9.17, 15) is 4.79 Å². The lowest BCUT2D eigenvalue weighted by Crippen LogP contribution is -2.18. The van der Waals surface area contributed by atoms with E-state index in [1.54, 1.807) is 6.07 Å². The molecule has 0 aliphatic carbocycles. The number of aromatic nitrogens is 2. The zero-order valence-corrected chi connectivity index (χ0v) is 16.9. The minimum Gasteiger partial charge on any atom is -0.475 e. The van der Waals surface area contributed by atoms with E-state index in [4.69, 9.17) is 9.52 Å². The van der Waals surface area contributed by atoms with Gasteiger partial charge >= 0.3 is 5.97 Å². The van der Waals surface area contributed by atoms with Gasteiger partial charge in [0.05, 0.1) is 5.75 Å². The first-order chi connectivity index (χ1) is 13.4. The molecule has 146 valence electrons. The molecule has 0 unspecified atom stereocenters. The predicted molar refractivity (Wildman–Crippen MR) is 110 cm³/mol. The molecule has 2 heterocycles. The summed E-state index contributed by atoms with van der Waals surface area (Å²) in [6, 6.07) is 15.4. The van der Waals surface area contributed by atoms with Gasteiger partial charge in [-0.2, -0.15) is 0 Å². The average molecular weight is 398 g/mol. The second-order valence-electron chi connectivity index (χ2n) is 6.79. The lowest BCUT2D eigenvalue weighted by atomic mass is 10.1. The third-order valence-corrected chi connectivity index (χ3v) is 5.04. The van der Waals surface area contributed by atoms with Crippen LogP contribution in [0.5, 0.6) is 0 Å². The van der Waals surface area contributed by atoms with Crippen molar-refractivity contribution in [1.29, 1.82) is 0 Å². The van der Waals surface area contributed by atoms with Crippen molar-refractivity contribution in [3.8, 4) is 0 Å². The lowest BCUT2D eigenvalue weighted by Gasteiger charge is -2.20. The molecule has 0 bridgehead atoms.